The number of aliphatic imine (C=N–C) groups is 1. The first-order chi connectivity index (χ1) is 20.2. The highest BCUT2D eigenvalue weighted by Crippen LogP contribution is 2.43. The van der Waals surface area contributed by atoms with Gasteiger partial charge in [-0.2, -0.15) is 0 Å². The zero-order valence-corrected chi connectivity index (χ0v) is 24.1. The van der Waals surface area contributed by atoms with Gasteiger partial charge in [0.05, 0.1) is 29.8 Å². The van der Waals surface area contributed by atoms with Crippen LogP contribution in [-0.4, -0.2) is 65.4 Å². The number of amides is 2. The number of hydrogen-bond acceptors (Lipinski definition) is 6. The Hall–Kier alpha value is -3.94. The van der Waals surface area contributed by atoms with Crippen molar-refractivity contribution in [3.8, 4) is 11.8 Å². The van der Waals surface area contributed by atoms with Crippen LogP contribution >= 0.6 is 23.2 Å². The summed E-state index contributed by atoms with van der Waals surface area (Å²) in [5.41, 5.74) is 8.59. The van der Waals surface area contributed by atoms with Gasteiger partial charge in [-0.15, -0.1) is 0 Å². The van der Waals surface area contributed by atoms with E-state index in [0.717, 1.165) is 0 Å². The molecule has 5 rings (SSSR count). The van der Waals surface area contributed by atoms with Crippen molar-refractivity contribution in [1.29, 1.82) is 0 Å². The largest absolute Gasteiger partial charge is 0.398 e. The summed E-state index contributed by atoms with van der Waals surface area (Å²) in [5.74, 6) is 4.25. The van der Waals surface area contributed by atoms with E-state index in [-0.39, 0.29) is 41.2 Å². The minimum atomic E-state index is -0.829. The van der Waals surface area contributed by atoms with E-state index >= 15 is 4.39 Å². The highest BCUT2D eigenvalue weighted by molar-refractivity contribution is 6.31. The molecular formula is C31H28Cl2FN5O3. The molecule has 0 saturated carbocycles. The number of benzene rings is 3. The second-order valence-electron chi connectivity index (χ2n) is 9.91. The number of carbonyl (C=O) groups is 2. The summed E-state index contributed by atoms with van der Waals surface area (Å²) >= 11 is 12.3. The molecule has 4 atom stereocenters. The molecule has 2 heterocycles. The number of anilines is 2. The van der Waals surface area contributed by atoms with Crippen molar-refractivity contribution in [3.05, 3.63) is 93.2 Å². The molecule has 2 amide bonds. The number of nitrogens with one attached hydrogen (secondary N) is 2. The molecule has 0 aliphatic carbocycles. The summed E-state index contributed by atoms with van der Waals surface area (Å²) < 4.78 is 15.6. The topological polar surface area (TPSA) is 120 Å². The van der Waals surface area contributed by atoms with Crippen molar-refractivity contribution in [2.24, 2.45) is 4.99 Å². The van der Waals surface area contributed by atoms with Gasteiger partial charge in [-0.25, -0.2) is 4.39 Å². The van der Waals surface area contributed by atoms with Crippen LogP contribution in [-0.2, 0) is 4.79 Å². The summed E-state index contributed by atoms with van der Waals surface area (Å²) in [5, 5.41) is 14.9. The molecule has 5 N–H and O–H groups in total. The zero-order valence-electron chi connectivity index (χ0n) is 22.6. The lowest BCUT2D eigenvalue weighted by Crippen LogP contribution is -2.45. The number of carbonyl (C=O) groups excluding carboxylic acids is 2. The number of nitrogens with two attached hydrogens (primary N) is 1. The predicted octanol–water partition coefficient (Wildman–Crippen LogP) is 4.11. The Labute approximate surface area is 252 Å². The number of likely N-dealkylation sites (N-methyl/N-ethyl adjacent to an activating group) is 1. The maximum Gasteiger partial charge on any atom is 0.251 e. The van der Waals surface area contributed by atoms with E-state index in [2.05, 4.69) is 22.5 Å². The fourth-order valence-corrected chi connectivity index (χ4v) is 5.92. The van der Waals surface area contributed by atoms with Crippen LogP contribution in [0.4, 0.5) is 15.8 Å². The van der Waals surface area contributed by atoms with Crippen molar-refractivity contribution < 1.29 is 19.1 Å². The Morgan fingerprint density at radius 2 is 1.93 bits per heavy atom. The first-order valence-electron chi connectivity index (χ1n) is 13.4. The molecule has 0 bridgehead atoms. The summed E-state index contributed by atoms with van der Waals surface area (Å²) in [6.07, 6.45) is 0. The van der Waals surface area contributed by atoms with Crippen LogP contribution < -0.4 is 16.4 Å². The SMILES string of the molecule is CCN1C2C#CC(c3ccc(C(=O)NCCO)cc3N)=N[C@H]2[C@H](c2cccc(Cl)c2F)[C@@H]1C(=O)Nc1cccc(Cl)c1. The zero-order chi connectivity index (χ0) is 30.0. The summed E-state index contributed by atoms with van der Waals surface area (Å²) in [6, 6.07) is 14.3. The molecule has 216 valence electrons. The Bertz CT molecular complexity index is 1640. The van der Waals surface area contributed by atoms with Crippen molar-refractivity contribution in [2.45, 2.75) is 31.0 Å². The molecule has 3 aromatic rings. The van der Waals surface area contributed by atoms with Gasteiger partial charge in [0, 0.05) is 40.0 Å². The van der Waals surface area contributed by atoms with Crippen molar-refractivity contribution in [3.63, 3.8) is 0 Å². The van der Waals surface area contributed by atoms with Crippen LogP contribution in [0.3, 0.4) is 0 Å². The van der Waals surface area contributed by atoms with Gasteiger partial charge in [0.2, 0.25) is 5.91 Å². The highest BCUT2D eigenvalue weighted by Gasteiger charge is 2.53. The molecule has 1 unspecified atom stereocenters. The number of halogens is 3. The normalized spacial score (nSPS) is 21.1. The summed E-state index contributed by atoms with van der Waals surface area (Å²) in [4.78, 5) is 33.1. The van der Waals surface area contributed by atoms with Gasteiger partial charge in [0.1, 0.15) is 11.5 Å². The number of aliphatic hydroxyl groups excluding tert-OH is 1. The average molecular weight is 609 g/mol. The minimum absolute atomic E-state index is 0.0570. The van der Waals surface area contributed by atoms with E-state index in [4.69, 9.17) is 39.0 Å². The maximum atomic E-state index is 15.6. The first-order valence-corrected chi connectivity index (χ1v) is 14.1. The van der Waals surface area contributed by atoms with Crippen LogP contribution in [0.1, 0.15) is 34.3 Å². The molecule has 3 aromatic carbocycles. The molecule has 8 nitrogen and oxygen atoms in total. The van der Waals surface area contributed by atoms with Crippen LogP contribution in [0.5, 0.6) is 0 Å². The number of hydrogen-bond donors (Lipinski definition) is 4. The van der Waals surface area contributed by atoms with Gasteiger partial charge in [0.15, 0.2) is 0 Å². The molecule has 2 aliphatic rings. The lowest BCUT2D eigenvalue weighted by Gasteiger charge is -2.27. The number of likely N-dealkylation sites (tertiary alicyclic amines) is 1. The van der Waals surface area contributed by atoms with Crippen molar-refractivity contribution >= 4 is 52.1 Å². The van der Waals surface area contributed by atoms with Crippen LogP contribution in [0.2, 0.25) is 10.0 Å². The van der Waals surface area contributed by atoms with Crippen LogP contribution in [0, 0.1) is 17.7 Å². The molecule has 0 radical (unpaired) electrons. The van der Waals surface area contributed by atoms with E-state index in [1.165, 1.54) is 12.1 Å². The average Bonchev–Trinajstić information content (AvgIpc) is 3.30. The Morgan fingerprint density at radius 1 is 1.14 bits per heavy atom. The fourth-order valence-electron chi connectivity index (χ4n) is 5.55. The number of nitrogen functional groups attached to an aromatic ring is 1. The van der Waals surface area contributed by atoms with Gasteiger partial charge >= 0.3 is 0 Å². The second-order valence-corrected chi connectivity index (χ2v) is 10.8. The number of fused-ring (bicyclic) bond motifs is 1. The van der Waals surface area contributed by atoms with E-state index in [9.17, 15) is 9.59 Å². The maximum absolute atomic E-state index is 15.6. The Balaban J connectivity index is 1.56. The minimum Gasteiger partial charge on any atom is -0.398 e. The standard InChI is InChI=1S/C31H28Cl2FN5O3/c1-2-39-25-12-11-24(20-10-9-17(15-23(20)35)30(41)36-13-14-40)38-28(25)26(21-7-4-8-22(33)27(21)34)29(39)31(42)37-19-6-3-5-18(32)16-19/h3-10,15-16,25-26,28-29,40H,2,13-14,35H2,1H3,(H,36,41)(H,37,42)/t25?,26-,28+,29+/m0/s1. The van der Waals surface area contributed by atoms with E-state index < -0.39 is 29.9 Å². The van der Waals surface area contributed by atoms with E-state index in [1.54, 1.807) is 48.5 Å². The predicted molar refractivity (Wildman–Crippen MR) is 163 cm³/mol. The lowest BCUT2D eigenvalue weighted by atomic mass is 9.85. The molecule has 0 spiro atoms. The van der Waals surface area contributed by atoms with Gasteiger partial charge in [-0.1, -0.05) is 54.2 Å². The summed E-state index contributed by atoms with van der Waals surface area (Å²) in [7, 11) is 0. The molecule has 1 fully saturated rings. The second kappa shape index (κ2) is 12.5. The third-order valence-corrected chi connectivity index (χ3v) is 7.92. The summed E-state index contributed by atoms with van der Waals surface area (Å²) in [6.45, 7) is 2.29. The quantitative estimate of drug-likeness (QED) is 0.227. The monoisotopic (exact) mass is 607 g/mol. The number of rotatable bonds is 8. The molecule has 11 heteroatoms. The first kappa shape index (κ1) is 29.5. The van der Waals surface area contributed by atoms with Gasteiger partial charge in [-0.3, -0.25) is 19.5 Å². The van der Waals surface area contributed by atoms with Gasteiger partial charge < -0.3 is 21.5 Å². The van der Waals surface area contributed by atoms with Crippen molar-refractivity contribution in [2.75, 3.05) is 30.7 Å². The van der Waals surface area contributed by atoms with E-state index in [0.29, 0.717) is 34.1 Å². The molecule has 1 saturated heterocycles. The smallest absolute Gasteiger partial charge is 0.251 e. The Kier molecular flexibility index (Phi) is 8.80. The third kappa shape index (κ3) is 5.72. The van der Waals surface area contributed by atoms with Crippen LogP contribution in [0.15, 0.2) is 65.7 Å². The molecule has 2 aliphatic heterocycles. The Morgan fingerprint density at radius 3 is 2.64 bits per heavy atom. The molecule has 42 heavy (non-hydrogen) atoms. The van der Waals surface area contributed by atoms with Gasteiger partial charge in [-0.05, 0) is 60.5 Å². The van der Waals surface area contributed by atoms with Crippen molar-refractivity contribution in [1.82, 2.24) is 10.2 Å². The van der Waals surface area contributed by atoms with Gasteiger partial charge in [0.25, 0.3) is 5.91 Å². The molecular weight excluding hydrogens is 580 g/mol. The number of aliphatic hydroxyl groups is 1. The number of nitrogens with zero attached hydrogens (tertiary/aromatic N) is 2. The lowest BCUT2D eigenvalue weighted by molar-refractivity contribution is -0.120. The fraction of sp³-hybridized carbons (Fsp3) is 0.258. The van der Waals surface area contributed by atoms with E-state index in [1.807, 2.05) is 11.8 Å². The molecule has 0 aromatic heterocycles. The van der Waals surface area contributed by atoms with Crippen LogP contribution in [0.25, 0.3) is 0 Å². The highest BCUT2D eigenvalue weighted by atomic mass is 35.5. The third-order valence-electron chi connectivity index (χ3n) is 7.40.